The van der Waals surface area contributed by atoms with Gasteiger partial charge in [0.1, 0.15) is 0 Å². The van der Waals surface area contributed by atoms with Gasteiger partial charge >= 0.3 is 0 Å². The van der Waals surface area contributed by atoms with Crippen molar-refractivity contribution in [1.82, 2.24) is 9.78 Å². The maximum absolute atomic E-state index is 12.6. The van der Waals surface area contributed by atoms with Gasteiger partial charge in [-0.05, 0) is 37.7 Å². The minimum Gasteiger partial charge on any atom is -0.515 e. The molecule has 1 fully saturated rings. The third-order valence-electron chi connectivity index (χ3n) is 5.91. The van der Waals surface area contributed by atoms with Gasteiger partial charge in [0.2, 0.25) is 0 Å². The molecule has 21 heavy (non-hydrogen) atoms. The third-order valence-corrected chi connectivity index (χ3v) is 5.91. The molecule has 2 atom stereocenters. The summed E-state index contributed by atoms with van der Waals surface area (Å²) in [6.45, 7) is 8.35. The van der Waals surface area contributed by atoms with Crippen LogP contribution in [0.1, 0.15) is 50.6 Å². The van der Waals surface area contributed by atoms with Crippen LogP contribution in [0.25, 0.3) is 0 Å². The standard InChI is InChI=1S/C17H24N2O2/c1-10-12-6-7-13-16(2,3)15(21)11(9-20)8-17(13,4)14(12)18-19(10)5/h9,13,20H,6-8H2,1-5H3/b11-9-/t13-,17-/m0/s1. The highest BCUT2D eigenvalue weighted by molar-refractivity contribution is 6.00. The van der Waals surface area contributed by atoms with Crippen LogP contribution in [0.15, 0.2) is 11.8 Å². The SMILES string of the molecule is Cc1c2c(nn1C)[C@@]1(C)C/C(=C/O)C(=O)C(C)(C)[C@@H]1CC2. The quantitative estimate of drug-likeness (QED) is 0.590. The maximum atomic E-state index is 12.6. The summed E-state index contributed by atoms with van der Waals surface area (Å²) in [5.41, 5.74) is 3.58. The zero-order chi connectivity index (χ0) is 15.6. The first-order valence-corrected chi connectivity index (χ1v) is 7.64. The summed E-state index contributed by atoms with van der Waals surface area (Å²) in [5, 5.41) is 14.3. The molecule has 0 unspecified atom stereocenters. The van der Waals surface area contributed by atoms with Gasteiger partial charge in [0, 0.05) is 29.1 Å². The van der Waals surface area contributed by atoms with Gasteiger partial charge in [-0.2, -0.15) is 5.10 Å². The number of rotatable bonds is 0. The first kappa shape index (κ1) is 14.4. The van der Waals surface area contributed by atoms with Crippen LogP contribution in [0, 0.1) is 18.3 Å². The van der Waals surface area contributed by atoms with Crippen LogP contribution < -0.4 is 0 Å². The Kier molecular flexibility index (Phi) is 2.88. The monoisotopic (exact) mass is 288 g/mol. The number of aromatic nitrogens is 2. The lowest BCUT2D eigenvalue weighted by molar-refractivity contribution is -0.131. The van der Waals surface area contributed by atoms with E-state index in [4.69, 9.17) is 5.10 Å². The third kappa shape index (κ3) is 1.68. The first-order valence-electron chi connectivity index (χ1n) is 7.64. The van der Waals surface area contributed by atoms with Gasteiger partial charge in [-0.25, -0.2) is 0 Å². The fraction of sp³-hybridized carbons (Fsp3) is 0.647. The number of aryl methyl sites for hydroxylation is 1. The van der Waals surface area contributed by atoms with E-state index in [9.17, 15) is 9.90 Å². The number of Topliss-reactive ketones (excluding diaryl/α,β-unsaturated/α-hetero) is 1. The van der Waals surface area contributed by atoms with E-state index in [0.717, 1.165) is 24.8 Å². The Balaban J connectivity index is 2.21. The smallest absolute Gasteiger partial charge is 0.167 e. The van der Waals surface area contributed by atoms with E-state index in [2.05, 4.69) is 13.8 Å². The molecule has 0 amide bonds. The summed E-state index contributed by atoms with van der Waals surface area (Å²) >= 11 is 0. The van der Waals surface area contributed by atoms with Crippen molar-refractivity contribution in [3.63, 3.8) is 0 Å². The maximum Gasteiger partial charge on any atom is 0.167 e. The van der Waals surface area contributed by atoms with Crippen molar-refractivity contribution in [2.45, 2.75) is 52.4 Å². The zero-order valence-corrected chi connectivity index (χ0v) is 13.5. The molecule has 114 valence electrons. The molecule has 2 aliphatic rings. The fourth-order valence-electron chi connectivity index (χ4n) is 4.70. The molecular weight excluding hydrogens is 264 g/mol. The van der Waals surface area contributed by atoms with Crippen molar-refractivity contribution in [2.75, 3.05) is 0 Å². The van der Waals surface area contributed by atoms with Crippen molar-refractivity contribution < 1.29 is 9.90 Å². The van der Waals surface area contributed by atoms with E-state index in [0.29, 0.717) is 12.0 Å². The number of hydrogen-bond donors (Lipinski definition) is 1. The second-order valence-corrected chi connectivity index (χ2v) is 7.43. The second kappa shape index (κ2) is 4.21. The molecule has 2 aliphatic carbocycles. The molecule has 4 heteroatoms. The molecule has 0 saturated heterocycles. The molecule has 0 aromatic carbocycles. The van der Waals surface area contributed by atoms with Crippen LogP contribution in [0.3, 0.4) is 0 Å². The van der Waals surface area contributed by atoms with Crippen molar-refractivity contribution in [2.24, 2.45) is 18.4 Å². The molecule has 3 rings (SSSR count). The highest BCUT2D eigenvalue weighted by atomic mass is 16.2. The van der Waals surface area contributed by atoms with Crippen molar-refractivity contribution in [3.8, 4) is 0 Å². The summed E-state index contributed by atoms with van der Waals surface area (Å²) in [4.78, 5) is 12.6. The fourth-order valence-corrected chi connectivity index (χ4v) is 4.70. The normalized spacial score (nSPS) is 32.9. The van der Waals surface area contributed by atoms with Crippen molar-refractivity contribution in [1.29, 1.82) is 0 Å². The van der Waals surface area contributed by atoms with Crippen LogP contribution in [-0.4, -0.2) is 20.7 Å². The average molecular weight is 288 g/mol. The van der Waals surface area contributed by atoms with Gasteiger partial charge in [-0.1, -0.05) is 20.8 Å². The Hall–Kier alpha value is -1.58. The highest BCUT2D eigenvalue weighted by Gasteiger charge is 2.56. The summed E-state index contributed by atoms with van der Waals surface area (Å²) in [6, 6.07) is 0. The van der Waals surface area contributed by atoms with E-state index >= 15 is 0 Å². The number of fused-ring (bicyclic) bond motifs is 3. The Morgan fingerprint density at radius 1 is 1.38 bits per heavy atom. The number of carbonyl (C=O) groups is 1. The van der Waals surface area contributed by atoms with Gasteiger partial charge in [0.05, 0.1) is 12.0 Å². The first-order chi connectivity index (χ1) is 9.73. The molecule has 1 heterocycles. The molecule has 1 aromatic rings. The number of nitrogens with zero attached hydrogens (tertiary/aromatic N) is 2. The Bertz CT molecular complexity index is 654. The number of ketones is 1. The van der Waals surface area contributed by atoms with Gasteiger partial charge in [0.25, 0.3) is 0 Å². The number of aliphatic hydroxyl groups excluding tert-OH is 1. The lowest BCUT2D eigenvalue weighted by Gasteiger charge is -2.52. The summed E-state index contributed by atoms with van der Waals surface area (Å²) in [6.07, 6.45) is 3.59. The van der Waals surface area contributed by atoms with Crippen molar-refractivity contribution >= 4 is 5.78 Å². The van der Waals surface area contributed by atoms with Gasteiger partial charge in [-0.3, -0.25) is 9.48 Å². The molecule has 0 radical (unpaired) electrons. The molecule has 0 aliphatic heterocycles. The molecule has 0 bridgehead atoms. The van der Waals surface area contributed by atoms with Crippen LogP contribution in [0.5, 0.6) is 0 Å². The van der Waals surface area contributed by atoms with Gasteiger partial charge in [0.15, 0.2) is 5.78 Å². The van der Waals surface area contributed by atoms with E-state index < -0.39 is 5.41 Å². The molecule has 1 saturated carbocycles. The summed E-state index contributed by atoms with van der Waals surface area (Å²) in [7, 11) is 1.98. The number of aliphatic hydroxyl groups is 1. The van der Waals surface area contributed by atoms with Gasteiger partial charge < -0.3 is 5.11 Å². The summed E-state index contributed by atoms with van der Waals surface area (Å²) < 4.78 is 1.95. The Labute approximate surface area is 125 Å². The molecule has 1 N–H and O–H groups in total. The minimum absolute atomic E-state index is 0.0866. The lowest BCUT2D eigenvalue weighted by Crippen LogP contribution is -2.53. The van der Waals surface area contributed by atoms with Crippen molar-refractivity contribution in [3.05, 3.63) is 28.8 Å². The number of hydrogen-bond acceptors (Lipinski definition) is 3. The van der Waals surface area contributed by atoms with E-state index in [1.54, 1.807) is 0 Å². The summed E-state index contributed by atoms with van der Waals surface area (Å²) in [5.74, 6) is 0.353. The van der Waals surface area contributed by atoms with Gasteiger partial charge in [-0.15, -0.1) is 0 Å². The topological polar surface area (TPSA) is 55.1 Å². The molecule has 1 aromatic heterocycles. The largest absolute Gasteiger partial charge is 0.515 e. The van der Waals surface area contributed by atoms with Crippen LogP contribution in [-0.2, 0) is 23.7 Å². The second-order valence-electron chi connectivity index (χ2n) is 7.43. The van der Waals surface area contributed by atoms with E-state index in [-0.39, 0.29) is 17.1 Å². The van der Waals surface area contributed by atoms with Crippen LogP contribution >= 0.6 is 0 Å². The van der Waals surface area contributed by atoms with E-state index in [1.165, 1.54) is 11.3 Å². The molecular formula is C17H24N2O2. The Morgan fingerprint density at radius 2 is 2.05 bits per heavy atom. The minimum atomic E-state index is -0.454. The molecule has 4 nitrogen and oxygen atoms in total. The Morgan fingerprint density at radius 3 is 2.67 bits per heavy atom. The highest BCUT2D eigenvalue weighted by Crippen LogP contribution is 2.56. The molecule has 0 spiro atoms. The zero-order valence-electron chi connectivity index (χ0n) is 13.5. The number of allylic oxidation sites excluding steroid dienone is 1. The van der Waals surface area contributed by atoms with E-state index in [1.807, 2.05) is 25.6 Å². The van der Waals surface area contributed by atoms with Crippen LogP contribution in [0.2, 0.25) is 0 Å². The number of carbonyl (C=O) groups excluding carboxylic acids is 1. The van der Waals surface area contributed by atoms with Crippen LogP contribution in [0.4, 0.5) is 0 Å². The average Bonchev–Trinajstić information content (AvgIpc) is 2.72. The predicted octanol–water partition coefficient (Wildman–Crippen LogP) is 2.99. The predicted molar refractivity (Wildman–Crippen MR) is 81.2 cm³/mol. The lowest BCUT2D eigenvalue weighted by atomic mass is 9.50.